The number of nitrogens with zero attached hydrogens (tertiary/aromatic N) is 2. The van der Waals surface area contributed by atoms with Crippen LogP contribution < -0.4 is 10.9 Å². The predicted octanol–water partition coefficient (Wildman–Crippen LogP) is 4.80. The summed E-state index contributed by atoms with van der Waals surface area (Å²) in [6.07, 6.45) is 0. The number of halogens is 2. The van der Waals surface area contributed by atoms with E-state index in [1.807, 2.05) is 37.3 Å². The Balaban J connectivity index is 1.77. The second-order valence-corrected chi connectivity index (χ2v) is 7.30. The van der Waals surface area contributed by atoms with Gasteiger partial charge in [0.15, 0.2) is 0 Å². The number of carbonyl (C=O) groups excluding carboxylic acids is 1. The lowest BCUT2D eigenvalue weighted by Crippen LogP contribution is -2.30. The third kappa shape index (κ3) is 3.95. The summed E-state index contributed by atoms with van der Waals surface area (Å²) >= 11 is 5.78. The third-order valence-electron chi connectivity index (χ3n) is 4.64. The van der Waals surface area contributed by atoms with Gasteiger partial charge in [-0.05, 0) is 43.3 Å². The number of para-hydroxylation sites is 1. The van der Waals surface area contributed by atoms with Crippen molar-refractivity contribution in [1.29, 1.82) is 0 Å². The van der Waals surface area contributed by atoms with Gasteiger partial charge in [-0.25, -0.2) is 9.37 Å². The molecule has 4 rings (SSSR count). The molecule has 0 aliphatic carbocycles. The van der Waals surface area contributed by atoms with Crippen molar-refractivity contribution in [3.8, 4) is 11.4 Å². The van der Waals surface area contributed by atoms with Crippen molar-refractivity contribution < 1.29 is 9.18 Å². The number of carbonyl (C=O) groups is 1. The summed E-state index contributed by atoms with van der Waals surface area (Å²) in [4.78, 5) is 30.5. The Morgan fingerprint density at radius 2 is 1.90 bits per heavy atom. The highest BCUT2D eigenvalue weighted by Crippen LogP contribution is 2.21. The maximum absolute atomic E-state index is 13.4. The zero-order valence-electron chi connectivity index (χ0n) is 16.0. The highest BCUT2D eigenvalue weighted by molar-refractivity contribution is 6.31. The lowest BCUT2D eigenvalue weighted by atomic mass is 10.1. The number of amides is 1. The quantitative estimate of drug-likeness (QED) is 0.514. The van der Waals surface area contributed by atoms with E-state index < -0.39 is 11.7 Å². The van der Waals surface area contributed by atoms with E-state index >= 15 is 0 Å². The van der Waals surface area contributed by atoms with E-state index in [1.54, 1.807) is 18.2 Å². The normalized spacial score (nSPS) is 10.9. The van der Waals surface area contributed by atoms with E-state index in [0.29, 0.717) is 22.4 Å². The second kappa shape index (κ2) is 8.08. The Kier molecular flexibility index (Phi) is 5.33. The number of rotatable bonds is 4. The minimum Gasteiger partial charge on any atom is -0.324 e. The summed E-state index contributed by atoms with van der Waals surface area (Å²) in [5.74, 6) is -0.633. The topological polar surface area (TPSA) is 64.0 Å². The van der Waals surface area contributed by atoms with Crippen molar-refractivity contribution in [2.75, 3.05) is 5.32 Å². The number of anilines is 1. The zero-order valence-corrected chi connectivity index (χ0v) is 16.8. The molecule has 0 saturated carbocycles. The van der Waals surface area contributed by atoms with Gasteiger partial charge in [-0.2, -0.15) is 0 Å². The minimum atomic E-state index is -0.577. The zero-order chi connectivity index (χ0) is 21.3. The standard InChI is InChI=1S/C23H17ClFN3O2/c1-14-5-4-6-15(11-14)22-27-20-8-3-2-7-17(20)23(30)28(22)13-21(29)26-16-9-10-19(25)18(24)12-16/h2-12H,13H2,1H3,(H,26,29). The average molecular weight is 422 g/mol. The number of hydrogen-bond donors (Lipinski definition) is 1. The molecule has 4 aromatic rings. The van der Waals surface area contributed by atoms with Gasteiger partial charge in [0, 0.05) is 11.3 Å². The van der Waals surface area contributed by atoms with Gasteiger partial charge in [-0.3, -0.25) is 14.2 Å². The molecule has 0 atom stereocenters. The molecule has 0 aliphatic rings. The van der Waals surface area contributed by atoms with Gasteiger partial charge in [0.25, 0.3) is 5.56 Å². The summed E-state index contributed by atoms with van der Waals surface area (Å²) in [5, 5.41) is 2.97. The summed E-state index contributed by atoms with van der Waals surface area (Å²) in [6.45, 7) is 1.69. The summed E-state index contributed by atoms with van der Waals surface area (Å²) in [6, 6.07) is 18.5. The van der Waals surface area contributed by atoms with Crippen LogP contribution in [0.3, 0.4) is 0 Å². The molecule has 1 heterocycles. The summed E-state index contributed by atoms with van der Waals surface area (Å²) < 4.78 is 14.7. The third-order valence-corrected chi connectivity index (χ3v) is 4.93. The molecular weight excluding hydrogens is 405 g/mol. The van der Waals surface area contributed by atoms with Crippen LogP contribution in [-0.2, 0) is 11.3 Å². The van der Waals surface area contributed by atoms with Crippen molar-refractivity contribution in [2.45, 2.75) is 13.5 Å². The number of benzene rings is 3. The van der Waals surface area contributed by atoms with E-state index in [-0.39, 0.29) is 17.1 Å². The molecule has 3 aromatic carbocycles. The molecule has 1 aromatic heterocycles. The van der Waals surface area contributed by atoms with Crippen molar-refractivity contribution in [2.24, 2.45) is 0 Å². The Morgan fingerprint density at radius 1 is 1.10 bits per heavy atom. The maximum Gasteiger partial charge on any atom is 0.262 e. The number of aromatic nitrogens is 2. The van der Waals surface area contributed by atoms with Gasteiger partial charge in [-0.1, -0.05) is 47.5 Å². The SMILES string of the molecule is Cc1cccc(-c2nc3ccccc3c(=O)n2CC(=O)Nc2ccc(F)c(Cl)c2)c1. The molecule has 5 nitrogen and oxygen atoms in total. The molecule has 0 aliphatic heterocycles. The highest BCUT2D eigenvalue weighted by Gasteiger charge is 2.16. The summed E-state index contributed by atoms with van der Waals surface area (Å²) in [7, 11) is 0. The summed E-state index contributed by atoms with van der Waals surface area (Å²) in [5.41, 5.74) is 2.32. The maximum atomic E-state index is 13.4. The van der Waals surface area contributed by atoms with Crippen LogP contribution in [0.4, 0.5) is 10.1 Å². The van der Waals surface area contributed by atoms with E-state index in [9.17, 15) is 14.0 Å². The molecule has 0 radical (unpaired) electrons. The van der Waals surface area contributed by atoms with E-state index in [2.05, 4.69) is 10.3 Å². The first kappa shape index (κ1) is 19.8. The number of aryl methyl sites for hydroxylation is 1. The predicted molar refractivity (Wildman–Crippen MR) is 116 cm³/mol. The van der Waals surface area contributed by atoms with Gasteiger partial charge >= 0.3 is 0 Å². The van der Waals surface area contributed by atoms with Crippen LogP contribution in [0.1, 0.15) is 5.56 Å². The first-order chi connectivity index (χ1) is 14.4. The first-order valence-electron chi connectivity index (χ1n) is 9.24. The fraction of sp³-hybridized carbons (Fsp3) is 0.0870. The van der Waals surface area contributed by atoms with Gasteiger partial charge in [0.1, 0.15) is 18.2 Å². The molecule has 150 valence electrons. The van der Waals surface area contributed by atoms with Crippen LogP contribution in [0.2, 0.25) is 5.02 Å². The smallest absolute Gasteiger partial charge is 0.262 e. The molecule has 1 N–H and O–H groups in total. The van der Waals surface area contributed by atoms with Crippen LogP contribution in [0.5, 0.6) is 0 Å². The van der Waals surface area contributed by atoms with Crippen LogP contribution in [0.25, 0.3) is 22.3 Å². The fourth-order valence-electron chi connectivity index (χ4n) is 3.24. The number of nitrogens with one attached hydrogen (secondary N) is 1. The Hall–Kier alpha value is -3.51. The highest BCUT2D eigenvalue weighted by atomic mass is 35.5. The lowest BCUT2D eigenvalue weighted by molar-refractivity contribution is -0.116. The van der Waals surface area contributed by atoms with Gasteiger partial charge in [0.2, 0.25) is 5.91 Å². The molecule has 30 heavy (non-hydrogen) atoms. The van der Waals surface area contributed by atoms with Gasteiger partial charge in [0.05, 0.1) is 15.9 Å². The lowest BCUT2D eigenvalue weighted by Gasteiger charge is -2.14. The molecule has 7 heteroatoms. The molecular formula is C23H17ClFN3O2. The minimum absolute atomic E-state index is 0.0993. The first-order valence-corrected chi connectivity index (χ1v) is 9.62. The van der Waals surface area contributed by atoms with Gasteiger partial charge < -0.3 is 5.32 Å². The van der Waals surface area contributed by atoms with E-state index in [4.69, 9.17) is 11.6 Å². The van der Waals surface area contributed by atoms with Crippen LogP contribution in [0.15, 0.2) is 71.5 Å². The van der Waals surface area contributed by atoms with Crippen molar-refractivity contribution >= 4 is 34.1 Å². The largest absolute Gasteiger partial charge is 0.324 e. The van der Waals surface area contributed by atoms with Crippen LogP contribution in [0, 0.1) is 12.7 Å². The molecule has 0 fully saturated rings. The molecule has 0 unspecified atom stereocenters. The number of fused-ring (bicyclic) bond motifs is 1. The average Bonchev–Trinajstić information content (AvgIpc) is 2.73. The molecule has 0 spiro atoms. The monoisotopic (exact) mass is 421 g/mol. The Morgan fingerprint density at radius 3 is 2.67 bits per heavy atom. The number of hydrogen-bond acceptors (Lipinski definition) is 3. The van der Waals surface area contributed by atoms with Crippen molar-refractivity contribution in [3.05, 3.63) is 93.5 Å². The fourth-order valence-corrected chi connectivity index (χ4v) is 3.42. The Bertz CT molecular complexity index is 1330. The van der Waals surface area contributed by atoms with Crippen molar-refractivity contribution in [1.82, 2.24) is 9.55 Å². The van der Waals surface area contributed by atoms with Gasteiger partial charge in [-0.15, -0.1) is 0 Å². The van der Waals surface area contributed by atoms with Crippen LogP contribution >= 0.6 is 11.6 Å². The Labute approximate surface area is 176 Å². The molecule has 0 saturated heterocycles. The van der Waals surface area contributed by atoms with Crippen molar-refractivity contribution in [3.63, 3.8) is 0 Å². The van der Waals surface area contributed by atoms with E-state index in [1.165, 1.54) is 22.8 Å². The molecule has 1 amide bonds. The van der Waals surface area contributed by atoms with Crippen LogP contribution in [-0.4, -0.2) is 15.5 Å². The molecule has 0 bridgehead atoms. The van der Waals surface area contributed by atoms with E-state index in [0.717, 1.165) is 11.1 Å². The second-order valence-electron chi connectivity index (χ2n) is 6.89.